The second kappa shape index (κ2) is 13.9. The number of aromatic amines is 1. The van der Waals surface area contributed by atoms with Crippen molar-refractivity contribution in [2.45, 2.75) is 52.3 Å². The second-order valence-electron chi connectivity index (χ2n) is 10.8. The third-order valence-electron chi connectivity index (χ3n) is 7.20. The first-order valence-corrected chi connectivity index (χ1v) is 15.4. The lowest BCUT2D eigenvalue weighted by molar-refractivity contribution is -0.192. The molecule has 0 unspecified atom stereocenters. The fraction of sp³-hybridized carbons (Fsp3) is 0.448. The highest BCUT2D eigenvalue weighted by Gasteiger charge is 2.38. The van der Waals surface area contributed by atoms with Crippen molar-refractivity contribution in [3.05, 3.63) is 59.0 Å². The fourth-order valence-corrected chi connectivity index (χ4v) is 6.11. The normalized spacial score (nSPS) is 15.0. The van der Waals surface area contributed by atoms with E-state index in [4.69, 9.17) is 15.6 Å². The maximum Gasteiger partial charge on any atom is 0.490 e. The third-order valence-corrected chi connectivity index (χ3v) is 9.09. The molecule has 1 aromatic heterocycles. The summed E-state index contributed by atoms with van der Waals surface area (Å²) in [7, 11) is -3.22. The van der Waals surface area contributed by atoms with Gasteiger partial charge in [0.15, 0.2) is 0 Å². The van der Waals surface area contributed by atoms with Crippen LogP contribution in [0, 0.1) is 11.7 Å². The molecule has 2 heterocycles. The number of nitrogens with zero attached hydrogens (tertiary/aromatic N) is 1. The molecule has 1 saturated heterocycles. The minimum atomic E-state index is -5.08. The summed E-state index contributed by atoms with van der Waals surface area (Å²) in [6, 6.07) is 8.59. The molecule has 5 N–H and O–H groups in total. The molecule has 1 amide bonds. The number of aromatic nitrogens is 1. The Bertz CT molecular complexity index is 1560. The zero-order valence-electron chi connectivity index (χ0n) is 24.1. The molecule has 14 heteroatoms. The van der Waals surface area contributed by atoms with E-state index >= 15 is 4.39 Å². The number of carbonyl (C=O) groups is 2. The maximum absolute atomic E-state index is 15.0. The van der Waals surface area contributed by atoms with Crippen LogP contribution in [-0.2, 0) is 21.4 Å². The van der Waals surface area contributed by atoms with Gasteiger partial charge < -0.3 is 21.1 Å². The van der Waals surface area contributed by atoms with Gasteiger partial charge in [0.25, 0.3) is 5.91 Å². The van der Waals surface area contributed by atoms with Crippen molar-refractivity contribution in [3.63, 3.8) is 0 Å². The van der Waals surface area contributed by atoms with E-state index in [-0.39, 0.29) is 17.5 Å². The summed E-state index contributed by atoms with van der Waals surface area (Å²) in [6.07, 6.45) is -1.86. The first-order chi connectivity index (χ1) is 20.0. The van der Waals surface area contributed by atoms with Crippen molar-refractivity contribution in [3.8, 4) is 11.1 Å². The number of piperidine rings is 1. The summed E-state index contributed by atoms with van der Waals surface area (Å²) < 4.78 is 72.8. The SMILES string of the molecule is CCS(=O)(=O)N1CCC(c2c[nH]c3c(C(N)=O)cc(-c4cc(CNCC(C)C)ccc4F)cc23)CC1.O=C(O)C(F)(F)F. The van der Waals surface area contributed by atoms with Gasteiger partial charge in [-0.25, -0.2) is 21.9 Å². The van der Waals surface area contributed by atoms with E-state index < -0.39 is 28.1 Å². The Kier molecular flexibility index (Phi) is 11.0. The number of amides is 1. The number of hydrogen-bond acceptors (Lipinski definition) is 5. The summed E-state index contributed by atoms with van der Waals surface area (Å²) in [5.74, 6) is -3.00. The summed E-state index contributed by atoms with van der Waals surface area (Å²) in [6.45, 7) is 8.30. The molecule has 1 aliphatic rings. The van der Waals surface area contributed by atoms with Crippen LogP contribution in [0.5, 0.6) is 0 Å². The number of halogens is 4. The molecule has 9 nitrogen and oxygen atoms in total. The Labute approximate surface area is 247 Å². The number of alkyl halides is 3. The monoisotopic (exact) mass is 628 g/mol. The first-order valence-electron chi connectivity index (χ1n) is 13.8. The molecule has 2 aromatic carbocycles. The predicted octanol–water partition coefficient (Wildman–Crippen LogP) is 4.98. The number of aliphatic carboxylic acids is 1. The Morgan fingerprint density at radius 1 is 1.16 bits per heavy atom. The summed E-state index contributed by atoms with van der Waals surface area (Å²) in [4.78, 5) is 24.4. The molecule has 43 heavy (non-hydrogen) atoms. The molecule has 1 aliphatic heterocycles. The molecule has 4 rings (SSSR count). The first kappa shape index (κ1) is 34.0. The molecular weight excluding hydrogens is 592 g/mol. The Hall–Kier alpha value is -3.49. The van der Waals surface area contributed by atoms with Gasteiger partial charge in [-0.1, -0.05) is 19.9 Å². The van der Waals surface area contributed by atoms with Gasteiger partial charge in [-0.15, -0.1) is 0 Å². The van der Waals surface area contributed by atoms with E-state index in [0.29, 0.717) is 60.6 Å². The highest BCUT2D eigenvalue weighted by molar-refractivity contribution is 7.89. The van der Waals surface area contributed by atoms with Crippen molar-refractivity contribution in [1.29, 1.82) is 0 Å². The highest BCUT2D eigenvalue weighted by atomic mass is 32.2. The number of hydrogen-bond donors (Lipinski definition) is 4. The Morgan fingerprint density at radius 3 is 2.33 bits per heavy atom. The number of primary amides is 1. The van der Waals surface area contributed by atoms with Gasteiger partial charge in [-0.05, 0) is 79.1 Å². The molecule has 1 fully saturated rings. The number of carboxylic acids is 1. The van der Waals surface area contributed by atoms with E-state index in [0.717, 1.165) is 23.1 Å². The van der Waals surface area contributed by atoms with Crippen molar-refractivity contribution in [2.75, 3.05) is 25.4 Å². The summed E-state index contributed by atoms with van der Waals surface area (Å²) in [5.41, 5.74) is 9.61. The van der Waals surface area contributed by atoms with Gasteiger partial charge in [-0.3, -0.25) is 4.79 Å². The molecule has 0 aliphatic carbocycles. The van der Waals surface area contributed by atoms with Crippen LogP contribution in [0.15, 0.2) is 36.5 Å². The van der Waals surface area contributed by atoms with Crippen LogP contribution < -0.4 is 11.1 Å². The number of nitrogens with one attached hydrogen (secondary N) is 2. The minimum absolute atomic E-state index is 0.0910. The maximum atomic E-state index is 15.0. The number of nitrogens with two attached hydrogens (primary N) is 1. The zero-order valence-corrected chi connectivity index (χ0v) is 24.9. The van der Waals surface area contributed by atoms with Gasteiger partial charge in [0, 0.05) is 36.8 Å². The van der Waals surface area contributed by atoms with E-state index in [2.05, 4.69) is 24.1 Å². The number of fused-ring (bicyclic) bond motifs is 1. The van der Waals surface area contributed by atoms with Crippen LogP contribution in [0.3, 0.4) is 0 Å². The smallest absolute Gasteiger partial charge is 0.475 e. The van der Waals surface area contributed by atoms with E-state index in [1.54, 1.807) is 23.4 Å². The number of carbonyl (C=O) groups excluding carboxylic acids is 1. The number of rotatable bonds is 9. The molecular formula is C29H36F4N4O5S. The lowest BCUT2D eigenvalue weighted by atomic mass is 9.88. The topological polar surface area (TPSA) is 146 Å². The van der Waals surface area contributed by atoms with Gasteiger partial charge >= 0.3 is 12.1 Å². The Morgan fingerprint density at radius 2 is 1.79 bits per heavy atom. The average molecular weight is 629 g/mol. The van der Waals surface area contributed by atoms with E-state index in [1.807, 2.05) is 18.3 Å². The number of carboxylic acid groups (broad SMARTS) is 1. The largest absolute Gasteiger partial charge is 0.490 e. The van der Waals surface area contributed by atoms with Crippen LogP contribution in [0.1, 0.15) is 61.0 Å². The number of benzene rings is 2. The lowest BCUT2D eigenvalue weighted by Gasteiger charge is -2.31. The zero-order chi connectivity index (χ0) is 32.1. The highest BCUT2D eigenvalue weighted by Crippen LogP contribution is 2.38. The molecule has 0 radical (unpaired) electrons. The quantitative estimate of drug-likeness (QED) is 0.246. The number of H-pyrrole nitrogens is 1. The van der Waals surface area contributed by atoms with E-state index in [9.17, 15) is 26.4 Å². The summed E-state index contributed by atoms with van der Waals surface area (Å²) >= 11 is 0. The predicted molar refractivity (Wildman–Crippen MR) is 155 cm³/mol. The third kappa shape index (κ3) is 8.54. The minimum Gasteiger partial charge on any atom is -0.475 e. The van der Waals surface area contributed by atoms with E-state index in [1.165, 1.54) is 6.07 Å². The lowest BCUT2D eigenvalue weighted by Crippen LogP contribution is -2.38. The van der Waals surface area contributed by atoms with Crippen molar-refractivity contribution >= 4 is 32.8 Å². The number of sulfonamides is 1. The fourth-order valence-electron chi connectivity index (χ4n) is 4.98. The summed E-state index contributed by atoms with van der Waals surface area (Å²) in [5, 5.41) is 11.3. The van der Waals surface area contributed by atoms with Crippen LogP contribution in [0.2, 0.25) is 0 Å². The van der Waals surface area contributed by atoms with Gasteiger partial charge in [0.05, 0.1) is 16.8 Å². The van der Waals surface area contributed by atoms with Crippen LogP contribution in [-0.4, -0.2) is 66.3 Å². The van der Waals surface area contributed by atoms with Crippen LogP contribution in [0.4, 0.5) is 17.6 Å². The van der Waals surface area contributed by atoms with Crippen molar-refractivity contribution < 1.29 is 40.7 Å². The molecule has 0 atom stereocenters. The molecule has 3 aromatic rings. The van der Waals surface area contributed by atoms with Gasteiger partial charge in [0.1, 0.15) is 5.82 Å². The molecule has 236 valence electrons. The van der Waals surface area contributed by atoms with Crippen LogP contribution in [0.25, 0.3) is 22.0 Å². The van der Waals surface area contributed by atoms with Gasteiger partial charge in [-0.2, -0.15) is 13.2 Å². The van der Waals surface area contributed by atoms with Crippen molar-refractivity contribution in [1.82, 2.24) is 14.6 Å². The molecule has 0 bridgehead atoms. The van der Waals surface area contributed by atoms with Crippen LogP contribution >= 0.6 is 0 Å². The molecule has 0 spiro atoms. The second-order valence-corrected chi connectivity index (χ2v) is 13.0. The van der Waals surface area contributed by atoms with Crippen molar-refractivity contribution in [2.24, 2.45) is 11.7 Å². The Balaban J connectivity index is 0.000000646. The van der Waals surface area contributed by atoms with Gasteiger partial charge in [0.2, 0.25) is 10.0 Å². The molecule has 0 saturated carbocycles. The standard InChI is InChI=1S/C27H35FN4O3S.C2HF3O2/c1-4-36(34,35)32-9-7-19(8-10-32)24-16-31-26-22(24)12-20(13-23(26)27(29)33)21-11-18(5-6-25(21)28)15-30-14-17(2)3;3-2(4,5)1(6)7/h5-6,11-13,16-17,19,30-31H,4,7-10,14-15H2,1-3H3,(H2,29,33);(H,6,7). The average Bonchev–Trinajstić information content (AvgIpc) is 3.37.